The van der Waals surface area contributed by atoms with Crippen molar-refractivity contribution in [3.05, 3.63) is 66.2 Å². The van der Waals surface area contributed by atoms with Crippen molar-refractivity contribution in [3.8, 4) is 5.75 Å². The van der Waals surface area contributed by atoms with Crippen LogP contribution in [0.3, 0.4) is 0 Å². The lowest BCUT2D eigenvalue weighted by Crippen LogP contribution is -2.13. The Bertz CT molecular complexity index is 1760. The smallest absolute Gasteiger partial charge is 0.297 e. The van der Waals surface area contributed by atoms with E-state index in [0.29, 0.717) is 10.8 Å². The van der Waals surface area contributed by atoms with Crippen molar-refractivity contribution in [1.29, 1.82) is 0 Å². The van der Waals surface area contributed by atoms with Crippen LogP contribution in [0.4, 0.5) is 11.4 Å². The second kappa shape index (κ2) is 14.5. The second-order valence-electron chi connectivity index (χ2n) is 9.27. The van der Waals surface area contributed by atoms with Crippen molar-refractivity contribution >= 4 is 61.1 Å². The zero-order valence-electron chi connectivity index (χ0n) is 23.6. The number of benzene rings is 4. The zero-order chi connectivity index (χ0) is 31.0. The highest BCUT2D eigenvalue weighted by molar-refractivity contribution is 7.86. The predicted molar refractivity (Wildman–Crippen MR) is 163 cm³/mol. The third-order valence-corrected chi connectivity index (χ3v) is 7.25. The molecule has 0 aliphatic heterocycles. The van der Waals surface area contributed by atoms with E-state index in [2.05, 4.69) is 31.0 Å². The molecule has 0 heterocycles. The third kappa shape index (κ3) is 9.07. The van der Waals surface area contributed by atoms with Gasteiger partial charge in [-0.25, -0.2) is 0 Å². The number of hydrogen-bond acceptors (Lipinski definition) is 8. The van der Waals surface area contributed by atoms with Gasteiger partial charge in [-0.1, -0.05) is 81.3 Å². The van der Waals surface area contributed by atoms with Crippen LogP contribution in [0.25, 0.3) is 21.5 Å². The molecule has 4 aromatic rings. The number of hydrogen-bond donors (Lipinski definition) is 3. The van der Waals surface area contributed by atoms with Gasteiger partial charge in [-0.15, -0.1) is 10.2 Å². The number of aromatic hydroxyl groups is 1. The topological polar surface area (TPSA) is 157 Å². The van der Waals surface area contributed by atoms with Crippen molar-refractivity contribution in [2.45, 2.75) is 50.3 Å². The molecule has 0 bridgehead atoms. The molecule has 0 unspecified atom stereocenters. The Balaban J connectivity index is 0.000000572. The highest BCUT2D eigenvalue weighted by atomic mass is 32.2. The van der Waals surface area contributed by atoms with E-state index >= 15 is 0 Å². The van der Waals surface area contributed by atoms with Gasteiger partial charge in [-0.05, 0) is 49.8 Å². The van der Waals surface area contributed by atoms with E-state index in [0.717, 1.165) is 24.6 Å². The van der Waals surface area contributed by atoms with Crippen LogP contribution in [0.1, 0.15) is 39.2 Å². The molecule has 0 aliphatic carbocycles. The highest BCUT2D eigenvalue weighted by Crippen LogP contribution is 2.42. The van der Waals surface area contributed by atoms with Gasteiger partial charge in [0.15, 0.2) is 13.7 Å². The Kier molecular flexibility index (Phi) is 12.0. The summed E-state index contributed by atoms with van der Waals surface area (Å²) in [5.74, 6) is -0.562. The molecule has 0 spiro atoms. The van der Waals surface area contributed by atoms with Crippen LogP contribution in [0, 0.1) is 6.92 Å². The summed E-state index contributed by atoms with van der Waals surface area (Å²) in [6.45, 7) is 9.11. The van der Waals surface area contributed by atoms with Crippen molar-refractivity contribution in [2.75, 3.05) is 13.6 Å². The Morgan fingerprint density at radius 1 is 0.829 bits per heavy atom. The standard InChI is InChI=1S/C21H16N2O7S2.C4H10BN.C3H8/c1-12-6-8-15-14(10-12)11-18(31(25,26)27)19(20(15)24)23-22-17-9-7-13-4-2-3-5-16(13)21(17)32(28,29)30;1-3-4-6(2)5;1-3-2/h2-11,24H,1H3,(H,25,26,27)(H,28,29,30);3-4H2,1-2H3;3H2,1-2H3. The maximum absolute atomic E-state index is 12.0. The molecule has 0 amide bonds. The molecule has 0 saturated carbocycles. The molecule has 10 nitrogen and oxygen atoms in total. The van der Waals surface area contributed by atoms with Gasteiger partial charge < -0.3 is 9.92 Å². The first-order valence-corrected chi connectivity index (χ1v) is 15.6. The number of fused-ring (bicyclic) bond motifs is 2. The highest BCUT2D eigenvalue weighted by Gasteiger charge is 2.23. The number of nitrogens with zero attached hydrogens (tertiary/aromatic N) is 3. The minimum absolute atomic E-state index is 0.180. The van der Waals surface area contributed by atoms with Crippen LogP contribution in [0.2, 0.25) is 0 Å². The fraction of sp³-hybridized carbons (Fsp3) is 0.286. The molecule has 4 aromatic carbocycles. The third-order valence-electron chi connectivity index (χ3n) is 5.44. The van der Waals surface area contributed by atoms with Gasteiger partial charge in [0.05, 0.1) is 0 Å². The van der Waals surface area contributed by atoms with Gasteiger partial charge in [0.1, 0.15) is 21.2 Å². The molecule has 41 heavy (non-hydrogen) atoms. The second-order valence-corrected chi connectivity index (χ2v) is 12.0. The van der Waals surface area contributed by atoms with E-state index in [1.165, 1.54) is 18.6 Å². The number of azo groups is 1. The van der Waals surface area contributed by atoms with Crippen molar-refractivity contribution < 1.29 is 31.0 Å². The molecule has 3 N–H and O–H groups in total. The summed E-state index contributed by atoms with van der Waals surface area (Å²) in [6.07, 6.45) is 2.38. The van der Waals surface area contributed by atoms with Crippen LogP contribution >= 0.6 is 0 Å². The van der Waals surface area contributed by atoms with Crippen LogP contribution in [-0.4, -0.2) is 57.4 Å². The maximum Gasteiger partial charge on any atom is 0.297 e. The van der Waals surface area contributed by atoms with Crippen molar-refractivity contribution in [1.82, 2.24) is 4.81 Å². The molecular formula is C28H34BN3O7S2. The Morgan fingerprint density at radius 3 is 2.00 bits per heavy atom. The van der Waals surface area contributed by atoms with Crippen LogP contribution in [-0.2, 0) is 20.2 Å². The molecule has 4 rings (SSSR count). The molecule has 0 aromatic heterocycles. The first-order valence-electron chi connectivity index (χ1n) is 12.8. The fourth-order valence-corrected chi connectivity index (χ4v) is 5.30. The number of aryl methyl sites for hydroxylation is 1. The monoisotopic (exact) mass is 599 g/mol. The number of phenolic OH excluding ortho intramolecular Hbond substituents is 1. The molecule has 218 valence electrons. The van der Waals surface area contributed by atoms with E-state index in [-0.39, 0.29) is 16.5 Å². The number of rotatable bonds is 6. The molecule has 0 fully saturated rings. The van der Waals surface area contributed by atoms with E-state index in [9.17, 15) is 31.0 Å². The zero-order valence-corrected chi connectivity index (χ0v) is 25.2. The average molecular weight is 600 g/mol. The summed E-state index contributed by atoms with van der Waals surface area (Å²) >= 11 is 0. The van der Waals surface area contributed by atoms with Crippen molar-refractivity contribution in [2.24, 2.45) is 10.2 Å². The predicted octanol–water partition coefficient (Wildman–Crippen LogP) is 6.74. The van der Waals surface area contributed by atoms with Gasteiger partial charge in [0.25, 0.3) is 20.2 Å². The normalized spacial score (nSPS) is 11.8. The van der Waals surface area contributed by atoms with E-state index in [1.54, 1.807) is 54.2 Å². The lowest BCUT2D eigenvalue weighted by molar-refractivity contribution is 0.472. The quantitative estimate of drug-likeness (QED) is 0.125. The summed E-state index contributed by atoms with van der Waals surface area (Å²) < 4.78 is 67.4. The minimum atomic E-state index is -4.82. The SMILES string of the molecule is CCC.Cc1ccc2c(O)c(N=Nc3ccc4ccccc4c3S(=O)(=O)O)c(S(=O)(=O)O)cc2c1.[B]N(C)CCC. The molecule has 0 saturated heterocycles. The molecular weight excluding hydrogens is 565 g/mol. The maximum atomic E-state index is 12.0. The van der Waals surface area contributed by atoms with E-state index in [1.807, 2.05) is 7.05 Å². The lowest BCUT2D eigenvalue weighted by atomic mass is 10.1. The molecule has 0 aliphatic rings. The summed E-state index contributed by atoms with van der Waals surface area (Å²) in [7, 11) is -2.45. The lowest BCUT2D eigenvalue weighted by Gasteiger charge is -2.10. The Labute approximate surface area is 242 Å². The van der Waals surface area contributed by atoms with Gasteiger partial charge in [-0.3, -0.25) is 9.11 Å². The van der Waals surface area contributed by atoms with E-state index in [4.69, 9.17) is 7.98 Å². The average Bonchev–Trinajstić information content (AvgIpc) is 2.87. The van der Waals surface area contributed by atoms with E-state index < -0.39 is 41.5 Å². The first-order chi connectivity index (χ1) is 19.1. The van der Waals surface area contributed by atoms with Gasteiger partial charge in [0.2, 0.25) is 0 Å². The largest absolute Gasteiger partial charge is 0.505 e. The summed E-state index contributed by atoms with van der Waals surface area (Å²) in [5.41, 5.74) is -0.0595. The molecule has 0 atom stereocenters. The first kappa shape index (κ1) is 33.8. The Morgan fingerprint density at radius 2 is 1.46 bits per heavy atom. The minimum Gasteiger partial charge on any atom is -0.505 e. The van der Waals surface area contributed by atoms with Crippen LogP contribution < -0.4 is 0 Å². The van der Waals surface area contributed by atoms with Crippen LogP contribution in [0.5, 0.6) is 5.75 Å². The van der Waals surface area contributed by atoms with Gasteiger partial charge >= 0.3 is 0 Å². The Hall–Kier alpha value is -3.36. The van der Waals surface area contributed by atoms with Crippen molar-refractivity contribution in [3.63, 3.8) is 0 Å². The number of phenols is 1. The van der Waals surface area contributed by atoms with Crippen LogP contribution in [0.15, 0.2) is 80.7 Å². The fourth-order valence-electron chi connectivity index (χ4n) is 3.80. The van der Waals surface area contributed by atoms with Gasteiger partial charge in [0, 0.05) is 10.8 Å². The summed E-state index contributed by atoms with van der Waals surface area (Å²) in [5, 5.41) is 19.5. The summed E-state index contributed by atoms with van der Waals surface area (Å²) in [4.78, 5) is 0.453. The molecule has 2 radical (unpaired) electrons. The summed E-state index contributed by atoms with van der Waals surface area (Å²) in [6, 6.07) is 15.2. The van der Waals surface area contributed by atoms with Gasteiger partial charge in [-0.2, -0.15) is 16.8 Å². The molecule has 13 heteroatoms.